The van der Waals surface area contributed by atoms with E-state index in [1.165, 1.54) is 0 Å². The average molecular weight is 308 g/mol. The summed E-state index contributed by atoms with van der Waals surface area (Å²) in [7, 11) is 0. The second-order valence-electron chi connectivity index (χ2n) is 3.32. The predicted octanol–water partition coefficient (Wildman–Crippen LogP) is 3.99. The van der Waals surface area contributed by atoms with E-state index in [2.05, 4.69) is 22.9 Å². The minimum absolute atomic E-state index is 0.449. The summed E-state index contributed by atoms with van der Waals surface area (Å²) in [5.74, 6) is 1.27. The van der Waals surface area contributed by atoms with E-state index in [4.69, 9.17) is 21.1 Å². The van der Waals surface area contributed by atoms with E-state index < -0.39 is 0 Å². The molecule has 4 heteroatoms. The Labute approximate surface area is 110 Å². The van der Waals surface area contributed by atoms with Crippen LogP contribution in [0.3, 0.4) is 0 Å². The highest BCUT2D eigenvalue weighted by Gasteiger charge is 2.06. The topological polar surface area (TPSA) is 18.5 Å². The molecule has 0 amide bonds. The number of ether oxygens (including phenoxy) is 2. The van der Waals surface area contributed by atoms with Crippen LogP contribution in [0.15, 0.2) is 22.7 Å². The molecule has 0 atom stereocenters. The van der Waals surface area contributed by atoms with E-state index >= 15 is 0 Å². The maximum Gasteiger partial charge on any atom is 0.137 e. The number of benzene rings is 1. The van der Waals surface area contributed by atoms with Crippen LogP contribution in [0.2, 0.25) is 0 Å². The summed E-state index contributed by atoms with van der Waals surface area (Å²) < 4.78 is 11.9. The zero-order valence-electron chi connectivity index (χ0n) is 9.34. The minimum Gasteiger partial charge on any atom is -0.490 e. The number of hydrogen-bond acceptors (Lipinski definition) is 2. The molecule has 0 saturated carbocycles. The van der Waals surface area contributed by atoms with Crippen LogP contribution in [-0.4, -0.2) is 19.8 Å². The number of hydrogen-bond donors (Lipinski definition) is 0. The van der Waals surface area contributed by atoms with Crippen molar-refractivity contribution in [1.82, 2.24) is 0 Å². The van der Waals surface area contributed by atoms with Crippen LogP contribution >= 0.6 is 27.5 Å². The Morgan fingerprint density at radius 2 is 2.06 bits per heavy atom. The van der Waals surface area contributed by atoms with Crippen molar-refractivity contribution in [1.29, 1.82) is 0 Å². The molecule has 1 aromatic rings. The van der Waals surface area contributed by atoms with Crippen molar-refractivity contribution in [3.05, 3.63) is 28.2 Å². The fourth-order valence-corrected chi connectivity index (χ4v) is 2.00. The highest BCUT2D eigenvalue weighted by Crippen LogP contribution is 2.29. The maximum absolute atomic E-state index is 5.83. The molecule has 0 bridgehead atoms. The lowest BCUT2D eigenvalue weighted by atomic mass is 10.2. The van der Waals surface area contributed by atoms with Gasteiger partial charge in [-0.3, -0.25) is 0 Å². The molecule has 0 aromatic heterocycles. The highest BCUT2D eigenvalue weighted by molar-refractivity contribution is 9.10. The van der Waals surface area contributed by atoms with Gasteiger partial charge in [-0.15, -0.1) is 11.6 Å². The number of para-hydroxylation sites is 1. The SMILES string of the molecule is CCCOCCOc1c(Br)cccc1CCl. The lowest BCUT2D eigenvalue weighted by molar-refractivity contribution is 0.100. The normalized spacial score (nSPS) is 10.4. The van der Waals surface area contributed by atoms with E-state index in [-0.39, 0.29) is 0 Å². The van der Waals surface area contributed by atoms with E-state index in [0.717, 1.165) is 28.8 Å². The van der Waals surface area contributed by atoms with Gasteiger partial charge in [0.05, 0.1) is 17.0 Å². The number of alkyl halides is 1. The Balaban J connectivity index is 2.46. The van der Waals surface area contributed by atoms with E-state index in [1.54, 1.807) is 0 Å². The summed E-state index contributed by atoms with van der Waals surface area (Å²) in [5, 5.41) is 0. The first-order valence-corrected chi connectivity index (χ1v) is 6.66. The van der Waals surface area contributed by atoms with E-state index in [9.17, 15) is 0 Å². The quantitative estimate of drug-likeness (QED) is 0.560. The molecule has 0 aliphatic carbocycles. The monoisotopic (exact) mass is 306 g/mol. The molecular formula is C12H16BrClO2. The Bertz CT molecular complexity index is 318. The molecule has 0 N–H and O–H groups in total. The second kappa shape index (κ2) is 7.93. The largest absolute Gasteiger partial charge is 0.490 e. The third-order valence-electron chi connectivity index (χ3n) is 2.02. The molecule has 0 unspecified atom stereocenters. The molecule has 0 heterocycles. The molecule has 1 rings (SSSR count). The maximum atomic E-state index is 5.83. The third kappa shape index (κ3) is 4.32. The van der Waals surface area contributed by atoms with E-state index in [1.807, 2.05) is 18.2 Å². The van der Waals surface area contributed by atoms with Crippen molar-refractivity contribution in [2.45, 2.75) is 19.2 Å². The van der Waals surface area contributed by atoms with Crippen LogP contribution in [0.1, 0.15) is 18.9 Å². The predicted molar refractivity (Wildman–Crippen MR) is 70.3 cm³/mol. The van der Waals surface area contributed by atoms with Gasteiger partial charge in [-0.05, 0) is 28.4 Å². The zero-order valence-corrected chi connectivity index (χ0v) is 11.7. The lowest BCUT2D eigenvalue weighted by Gasteiger charge is -2.11. The molecule has 1 aromatic carbocycles. The summed E-state index contributed by atoms with van der Waals surface area (Å²) in [6.45, 7) is 4.02. The molecule has 0 saturated heterocycles. The molecular weight excluding hydrogens is 291 g/mol. The van der Waals surface area contributed by atoms with Gasteiger partial charge >= 0.3 is 0 Å². The molecule has 2 nitrogen and oxygen atoms in total. The van der Waals surface area contributed by atoms with Gasteiger partial charge in [-0.1, -0.05) is 19.1 Å². The second-order valence-corrected chi connectivity index (χ2v) is 4.44. The highest BCUT2D eigenvalue weighted by atomic mass is 79.9. The fraction of sp³-hybridized carbons (Fsp3) is 0.500. The minimum atomic E-state index is 0.449. The zero-order chi connectivity index (χ0) is 11.8. The van der Waals surface area contributed by atoms with Crippen molar-refractivity contribution in [3.63, 3.8) is 0 Å². The molecule has 0 spiro atoms. The molecule has 0 aliphatic heterocycles. The Hall–Kier alpha value is -0.250. The van der Waals surface area contributed by atoms with Gasteiger partial charge in [-0.2, -0.15) is 0 Å². The molecule has 16 heavy (non-hydrogen) atoms. The van der Waals surface area contributed by atoms with E-state index in [0.29, 0.717) is 19.1 Å². The van der Waals surface area contributed by atoms with Crippen molar-refractivity contribution >= 4 is 27.5 Å². The fourth-order valence-electron chi connectivity index (χ4n) is 1.27. The molecule has 0 radical (unpaired) electrons. The standard InChI is InChI=1S/C12H16BrClO2/c1-2-6-15-7-8-16-12-10(9-14)4-3-5-11(12)13/h3-5H,2,6-9H2,1H3. The summed E-state index contributed by atoms with van der Waals surface area (Å²) in [4.78, 5) is 0. The third-order valence-corrected chi connectivity index (χ3v) is 2.93. The molecule has 0 aliphatic rings. The van der Waals surface area contributed by atoms with Crippen LogP contribution in [0.4, 0.5) is 0 Å². The first-order chi connectivity index (χ1) is 7.79. The van der Waals surface area contributed by atoms with Crippen molar-refractivity contribution in [3.8, 4) is 5.75 Å². The Morgan fingerprint density at radius 1 is 1.25 bits per heavy atom. The van der Waals surface area contributed by atoms with Gasteiger partial charge < -0.3 is 9.47 Å². The van der Waals surface area contributed by atoms with Gasteiger partial charge in [0, 0.05) is 12.2 Å². The molecule has 90 valence electrons. The van der Waals surface area contributed by atoms with Crippen molar-refractivity contribution in [2.75, 3.05) is 19.8 Å². The summed E-state index contributed by atoms with van der Waals surface area (Å²) in [6.07, 6.45) is 1.03. The van der Waals surface area contributed by atoms with Gasteiger partial charge in [0.15, 0.2) is 0 Å². The first-order valence-electron chi connectivity index (χ1n) is 5.33. The summed E-state index contributed by atoms with van der Waals surface area (Å²) in [6, 6.07) is 5.85. The lowest BCUT2D eigenvalue weighted by Crippen LogP contribution is -2.08. The molecule has 0 fully saturated rings. The number of rotatable bonds is 7. The van der Waals surface area contributed by atoms with Crippen LogP contribution in [0, 0.1) is 0 Å². The van der Waals surface area contributed by atoms with Gasteiger partial charge in [-0.25, -0.2) is 0 Å². The summed E-state index contributed by atoms with van der Waals surface area (Å²) >= 11 is 9.28. The number of halogens is 2. The van der Waals surface area contributed by atoms with Crippen LogP contribution in [-0.2, 0) is 10.6 Å². The Morgan fingerprint density at radius 3 is 2.75 bits per heavy atom. The van der Waals surface area contributed by atoms with Crippen LogP contribution < -0.4 is 4.74 Å². The van der Waals surface area contributed by atoms with Crippen LogP contribution in [0.25, 0.3) is 0 Å². The average Bonchev–Trinajstić information content (AvgIpc) is 2.30. The van der Waals surface area contributed by atoms with Gasteiger partial charge in [0.2, 0.25) is 0 Å². The van der Waals surface area contributed by atoms with Gasteiger partial charge in [0.1, 0.15) is 12.4 Å². The Kier molecular flexibility index (Phi) is 6.85. The summed E-state index contributed by atoms with van der Waals surface area (Å²) in [5.41, 5.74) is 0.992. The van der Waals surface area contributed by atoms with Crippen molar-refractivity contribution < 1.29 is 9.47 Å². The smallest absolute Gasteiger partial charge is 0.137 e. The first kappa shape index (κ1) is 13.8. The van der Waals surface area contributed by atoms with Crippen molar-refractivity contribution in [2.24, 2.45) is 0 Å². The van der Waals surface area contributed by atoms with Gasteiger partial charge in [0.25, 0.3) is 0 Å². The van der Waals surface area contributed by atoms with Crippen LogP contribution in [0.5, 0.6) is 5.75 Å².